The van der Waals surface area contributed by atoms with Gasteiger partial charge >= 0.3 is 5.97 Å². The highest BCUT2D eigenvalue weighted by atomic mass is 16.5. The van der Waals surface area contributed by atoms with Crippen LogP contribution in [0.25, 0.3) is 0 Å². The fraction of sp³-hybridized carbons (Fsp3) is 0.900. The molecule has 1 rings (SSSR count). The molecule has 0 atom stereocenters. The number of unbranched alkanes of at least 4 members (excludes halogenated alkanes) is 8. The van der Waals surface area contributed by atoms with Gasteiger partial charge in [-0.3, -0.25) is 4.79 Å². The van der Waals surface area contributed by atoms with E-state index in [1.54, 1.807) is 0 Å². The first kappa shape index (κ1) is 19.5. The molecule has 1 fully saturated rings. The molecule has 0 bridgehead atoms. The minimum Gasteiger partial charge on any atom is -0.465 e. The predicted molar refractivity (Wildman–Crippen MR) is 93.7 cm³/mol. The second-order valence-electron chi connectivity index (χ2n) is 6.97. The molecule has 1 radical (unpaired) electrons. The standard InChI is InChI=1S/C20H37O2/c1-2-3-4-5-6-7-8-9-14-17-20(21)22-18-19-15-12-10-11-13-16-19/h19H,1-18H2. The van der Waals surface area contributed by atoms with Crippen LogP contribution in [0.3, 0.4) is 0 Å². The lowest BCUT2D eigenvalue weighted by Gasteiger charge is -2.14. The zero-order chi connectivity index (χ0) is 15.9. The second-order valence-corrected chi connectivity index (χ2v) is 6.97. The monoisotopic (exact) mass is 309 g/mol. The Balaban J connectivity index is 1.86. The lowest BCUT2D eigenvalue weighted by Crippen LogP contribution is -2.13. The van der Waals surface area contributed by atoms with Crippen molar-refractivity contribution in [2.45, 2.75) is 103 Å². The van der Waals surface area contributed by atoms with Crippen molar-refractivity contribution in [2.24, 2.45) is 5.92 Å². The molecule has 0 aromatic carbocycles. The van der Waals surface area contributed by atoms with Crippen molar-refractivity contribution < 1.29 is 9.53 Å². The fourth-order valence-electron chi connectivity index (χ4n) is 3.32. The summed E-state index contributed by atoms with van der Waals surface area (Å²) in [5.74, 6) is 0.657. The summed E-state index contributed by atoms with van der Waals surface area (Å²) in [5, 5.41) is 0. The highest BCUT2D eigenvalue weighted by Gasteiger charge is 2.14. The van der Waals surface area contributed by atoms with Gasteiger partial charge in [-0.05, 0) is 25.2 Å². The molecule has 0 spiro atoms. The zero-order valence-corrected chi connectivity index (χ0v) is 14.6. The van der Waals surface area contributed by atoms with Crippen molar-refractivity contribution in [1.29, 1.82) is 0 Å². The summed E-state index contributed by atoms with van der Waals surface area (Å²) in [6, 6.07) is 0. The topological polar surface area (TPSA) is 26.3 Å². The van der Waals surface area contributed by atoms with Crippen molar-refractivity contribution >= 4 is 5.97 Å². The van der Waals surface area contributed by atoms with Crippen LogP contribution in [0.4, 0.5) is 0 Å². The Hall–Kier alpha value is -0.530. The van der Waals surface area contributed by atoms with Gasteiger partial charge in [0.15, 0.2) is 0 Å². The van der Waals surface area contributed by atoms with Gasteiger partial charge < -0.3 is 4.74 Å². The molecule has 0 aromatic rings. The number of ether oxygens (including phenoxy) is 1. The normalized spacial score (nSPS) is 16.4. The molecule has 0 N–H and O–H groups in total. The fourth-order valence-corrected chi connectivity index (χ4v) is 3.32. The van der Waals surface area contributed by atoms with E-state index in [1.165, 1.54) is 83.5 Å². The largest absolute Gasteiger partial charge is 0.465 e. The van der Waals surface area contributed by atoms with Gasteiger partial charge in [-0.1, -0.05) is 84.0 Å². The SMILES string of the molecule is [CH2]CCCCCCCCCCC(=O)OCC1CCCCCC1. The summed E-state index contributed by atoms with van der Waals surface area (Å²) in [6.07, 6.45) is 19.6. The van der Waals surface area contributed by atoms with Crippen LogP contribution in [-0.2, 0) is 9.53 Å². The summed E-state index contributed by atoms with van der Waals surface area (Å²) in [4.78, 5) is 11.8. The molecule has 0 aromatic heterocycles. The van der Waals surface area contributed by atoms with Crippen molar-refractivity contribution in [3.63, 3.8) is 0 Å². The molecule has 2 nitrogen and oxygen atoms in total. The van der Waals surface area contributed by atoms with Gasteiger partial charge in [-0.2, -0.15) is 0 Å². The highest BCUT2D eigenvalue weighted by molar-refractivity contribution is 5.69. The molecule has 0 unspecified atom stereocenters. The van der Waals surface area contributed by atoms with E-state index in [2.05, 4.69) is 6.92 Å². The van der Waals surface area contributed by atoms with Crippen LogP contribution in [0.5, 0.6) is 0 Å². The number of hydrogen-bond donors (Lipinski definition) is 0. The second kappa shape index (κ2) is 14.1. The molecule has 1 aliphatic carbocycles. The van der Waals surface area contributed by atoms with Crippen LogP contribution < -0.4 is 0 Å². The average Bonchev–Trinajstić information content (AvgIpc) is 2.80. The van der Waals surface area contributed by atoms with Gasteiger partial charge in [0.1, 0.15) is 0 Å². The molecule has 0 amide bonds. The molecule has 0 heterocycles. The van der Waals surface area contributed by atoms with Crippen LogP contribution >= 0.6 is 0 Å². The zero-order valence-electron chi connectivity index (χ0n) is 14.6. The van der Waals surface area contributed by atoms with E-state index in [0.29, 0.717) is 18.9 Å². The summed E-state index contributed by atoms with van der Waals surface area (Å²) < 4.78 is 5.46. The maximum Gasteiger partial charge on any atom is 0.305 e. The minimum atomic E-state index is 0.0275. The Morgan fingerprint density at radius 2 is 1.36 bits per heavy atom. The van der Waals surface area contributed by atoms with E-state index >= 15 is 0 Å². The van der Waals surface area contributed by atoms with Crippen molar-refractivity contribution in [2.75, 3.05) is 6.61 Å². The smallest absolute Gasteiger partial charge is 0.305 e. The van der Waals surface area contributed by atoms with Crippen molar-refractivity contribution in [3.05, 3.63) is 6.92 Å². The lowest BCUT2D eigenvalue weighted by molar-refractivity contribution is -0.145. The van der Waals surface area contributed by atoms with Gasteiger partial charge in [0, 0.05) is 6.42 Å². The number of hydrogen-bond acceptors (Lipinski definition) is 2. The van der Waals surface area contributed by atoms with Gasteiger partial charge in [0.2, 0.25) is 0 Å². The summed E-state index contributed by atoms with van der Waals surface area (Å²) in [6.45, 7) is 4.54. The molecule has 129 valence electrons. The molecule has 1 saturated carbocycles. The summed E-state index contributed by atoms with van der Waals surface area (Å²) >= 11 is 0. The maximum atomic E-state index is 11.8. The molecule has 0 saturated heterocycles. The molecule has 0 aliphatic heterocycles. The van der Waals surface area contributed by atoms with Crippen LogP contribution in [0, 0.1) is 12.8 Å². The van der Waals surface area contributed by atoms with Crippen LogP contribution in [0.2, 0.25) is 0 Å². The van der Waals surface area contributed by atoms with E-state index in [4.69, 9.17) is 4.74 Å². The Labute approximate surface area is 138 Å². The molecular weight excluding hydrogens is 272 g/mol. The van der Waals surface area contributed by atoms with Gasteiger partial charge in [-0.15, -0.1) is 0 Å². The molecular formula is C20H37O2. The first-order chi connectivity index (χ1) is 10.8. The maximum absolute atomic E-state index is 11.8. The predicted octanol–water partition coefficient (Wildman–Crippen LogP) is 6.24. The Bertz CT molecular complexity index is 254. The van der Waals surface area contributed by atoms with Crippen LogP contribution in [-0.4, -0.2) is 12.6 Å². The summed E-state index contributed by atoms with van der Waals surface area (Å²) in [7, 11) is 0. The highest BCUT2D eigenvalue weighted by Crippen LogP contribution is 2.23. The van der Waals surface area contributed by atoms with Gasteiger partial charge in [0.05, 0.1) is 6.61 Å². The third-order valence-corrected chi connectivity index (χ3v) is 4.84. The van der Waals surface area contributed by atoms with Crippen molar-refractivity contribution in [1.82, 2.24) is 0 Å². The van der Waals surface area contributed by atoms with Gasteiger partial charge in [-0.25, -0.2) is 0 Å². The number of carbonyl (C=O) groups excluding carboxylic acids is 1. The van der Waals surface area contributed by atoms with E-state index in [0.717, 1.165) is 12.8 Å². The third kappa shape index (κ3) is 11.1. The summed E-state index contributed by atoms with van der Waals surface area (Å²) in [5.41, 5.74) is 0. The Kier molecular flexibility index (Phi) is 12.5. The van der Waals surface area contributed by atoms with E-state index in [9.17, 15) is 4.79 Å². The van der Waals surface area contributed by atoms with E-state index in [-0.39, 0.29) is 5.97 Å². The lowest BCUT2D eigenvalue weighted by atomic mass is 10.0. The number of esters is 1. The average molecular weight is 310 g/mol. The quantitative estimate of drug-likeness (QED) is 0.242. The van der Waals surface area contributed by atoms with Crippen LogP contribution in [0.15, 0.2) is 0 Å². The van der Waals surface area contributed by atoms with Crippen LogP contribution in [0.1, 0.15) is 103 Å². The Morgan fingerprint density at radius 1 is 0.818 bits per heavy atom. The molecule has 1 aliphatic rings. The Morgan fingerprint density at radius 3 is 1.95 bits per heavy atom. The number of carbonyl (C=O) groups is 1. The molecule has 22 heavy (non-hydrogen) atoms. The first-order valence-corrected chi connectivity index (χ1v) is 9.78. The third-order valence-electron chi connectivity index (χ3n) is 4.84. The van der Waals surface area contributed by atoms with E-state index in [1.807, 2.05) is 0 Å². The van der Waals surface area contributed by atoms with E-state index < -0.39 is 0 Å². The first-order valence-electron chi connectivity index (χ1n) is 9.78. The van der Waals surface area contributed by atoms with Gasteiger partial charge in [0.25, 0.3) is 0 Å². The van der Waals surface area contributed by atoms with Crippen molar-refractivity contribution in [3.8, 4) is 0 Å². The molecule has 2 heteroatoms. The minimum absolute atomic E-state index is 0.0275. The number of rotatable bonds is 12.